The van der Waals surface area contributed by atoms with E-state index in [1.54, 1.807) is 6.07 Å². The Morgan fingerprint density at radius 1 is 1.03 bits per heavy atom. The second-order valence-electron chi connectivity index (χ2n) is 9.50. The molecule has 2 heterocycles. The fraction of sp³-hybridized carbons (Fsp3) is 0.379. The molecular formula is C29H36N4O3. The van der Waals surface area contributed by atoms with Crippen molar-refractivity contribution in [1.82, 2.24) is 9.97 Å². The lowest BCUT2D eigenvalue weighted by Gasteiger charge is -2.21. The normalized spacial score (nSPS) is 11.1. The summed E-state index contributed by atoms with van der Waals surface area (Å²) in [6.45, 7) is 12.3. The molecule has 0 aliphatic carbocycles. The molecule has 7 nitrogen and oxygen atoms in total. The number of carbonyl (C=O) groups is 2. The zero-order valence-electron chi connectivity index (χ0n) is 22.0. The molecule has 0 fully saturated rings. The minimum absolute atomic E-state index is 0.0660. The Morgan fingerprint density at radius 2 is 1.69 bits per heavy atom. The van der Waals surface area contributed by atoms with E-state index in [4.69, 9.17) is 10.7 Å². The standard InChI is InChI=1S/C29H36N4O3/c1-7-19-14-24(32-27(29(35)36)21(19)8-2)28(34)33-26-18(6)31-23(13-16(3)4)22(15-30)25(26)20-11-9-17(5)10-12-20/h9-12,14,16H,7-8,13,15,30H2,1-6H3,(H,33,34)(H,35,36). The zero-order valence-corrected chi connectivity index (χ0v) is 22.0. The molecule has 0 saturated carbocycles. The molecule has 190 valence electrons. The average Bonchev–Trinajstić information content (AvgIpc) is 2.84. The number of rotatable bonds is 9. The van der Waals surface area contributed by atoms with E-state index < -0.39 is 11.9 Å². The highest BCUT2D eigenvalue weighted by atomic mass is 16.4. The summed E-state index contributed by atoms with van der Waals surface area (Å²) in [6, 6.07) is 9.77. The molecule has 0 atom stereocenters. The van der Waals surface area contributed by atoms with Gasteiger partial charge in [0.2, 0.25) is 0 Å². The molecule has 0 radical (unpaired) electrons. The largest absolute Gasteiger partial charge is 0.477 e. The number of aromatic nitrogens is 2. The van der Waals surface area contributed by atoms with Crippen LogP contribution in [-0.4, -0.2) is 27.0 Å². The fourth-order valence-corrected chi connectivity index (χ4v) is 4.57. The number of pyridine rings is 2. The summed E-state index contributed by atoms with van der Waals surface area (Å²) in [5.74, 6) is -1.23. The number of aryl methyl sites for hydroxylation is 3. The molecule has 1 amide bonds. The van der Waals surface area contributed by atoms with Crippen LogP contribution in [0.1, 0.15) is 82.3 Å². The van der Waals surface area contributed by atoms with Crippen LogP contribution in [-0.2, 0) is 25.8 Å². The van der Waals surface area contributed by atoms with Crippen molar-refractivity contribution in [2.75, 3.05) is 5.32 Å². The summed E-state index contributed by atoms with van der Waals surface area (Å²) in [7, 11) is 0. The average molecular weight is 489 g/mol. The molecule has 4 N–H and O–H groups in total. The van der Waals surface area contributed by atoms with Crippen LogP contribution in [0.15, 0.2) is 30.3 Å². The van der Waals surface area contributed by atoms with E-state index in [9.17, 15) is 14.7 Å². The molecule has 3 aromatic rings. The highest BCUT2D eigenvalue weighted by Gasteiger charge is 2.23. The van der Waals surface area contributed by atoms with E-state index in [1.807, 2.05) is 52.0 Å². The maximum absolute atomic E-state index is 13.5. The number of carbonyl (C=O) groups excluding carboxylic acids is 1. The number of amides is 1. The molecular weight excluding hydrogens is 452 g/mol. The quantitative estimate of drug-likeness (QED) is 0.366. The van der Waals surface area contributed by atoms with Gasteiger partial charge in [-0.3, -0.25) is 9.78 Å². The number of anilines is 1. The molecule has 0 spiro atoms. The molecule has 0 aliphatic heterocycles. The lowest BCUT2D eigenvalue weighted by Crippen LogP contribution is -2.21. The number of hydrogen-bond donors (Lipinski definition) is 3. The first-order valence-corrected chi connectivity index (χ1v) is 12.5. The van der Waals surface area contributed by atoms with Crippen molar-refractivity contribution >= 4 is 17.6 Å². The van der Waals surface area contributed by atoms with E-state index in [0.717, 1.165) is 39.9 Å². The van der Waals surface area contributed by atoms with Crippen molar-refractivity contribution in [3.8, 4) is 11.1 Å². The molecule has 7 heteroatoms. The number of carboxylic acids is 1. The van der Waals surface area contributed by atoms with E-state index >= 15 is 0 Å². The zero-order chi connectivity index (χ0) is 26.6. The highest BCUT2D eigenvalue weighted by molar-refractivity contribution is 6.06. The first-order valence-electron chi connectivity index (χ1n) is 12.5. The van der Waals surface area contributed by atoms with Crippen molar-refractivity contribution < 1.29 is 14.7 Å². The van der Waals surface area contributed by atoms with Crippen LogP contribution >= 0.6 is 0 Å². The van der Waals surface area contributed by atoms with Gasteiger partial charge in [-0.15, -0.1) is 0 Å². The molecule has 36 heavy (non-hydrogen) atoms. The number of benzene rings is 1. The first kappa shape index (κ1) is 27.0. The van der Waals surface area contributed by atoms with Crippen molar-refractivity contribution in [3.05, 3.63) is 75.4 Å². The second kappa shape index (κ2) is 11.4. The number of nitrogens with two attached hydrogens (primary N) is 1. The smallest absolute Gasteiger partial charge is 0.354 e. The van der Waals surface area contributed by atoms with Gasteiger partial charge in [0.15, 0.2) is 5.69 Å². The fourth-order valence-electron chi connectivity index (χ4n) is 4.57. The van der Waals surface area contributed by atoms with Gasteiger partial charge in [0, 0.05) is 17.8 Å². The van der Waals surface area contributed by atoms with Crippen LogP contribution in [0.3, 0.4) is 0 Å². The molecule has 0 unspecified atom stereocenters. The van der Waals surface area contributed by atoms with E-state index in [2.05, 4.69) is 24.1 Å². The van der Waals surface area contributed by atoms with Gasteiger partial charge >= 0.3 is 5.97 Å². The third kappa shape index (κ3) is 5.62. The van der Waals surface area contributed by atoms with Crippen LogP contribution < -0.4 is 11.1 Å². The molecule has 3 rings (SSSR count). The topological polar surface area (TPSA) is 118 Å². The van der Waals surface area contributed by atoms with Gasteiger partial charge in [-0.05, 0) is 67.3 Å². The molecule has 2 aromatic heterocycles. The van der Waals surface area contributed by atoms with Gasteiger partial charge in [-0.1, -0.05) is 57.5 Å². The maximum atomic E-state index is 13.5. The van der Waals surface area contributed by atoms with Crippen molar-refractivity contribution in [2.45, 2.75) is 67.3 Å². The lowest BCUT2D eigenvalue weighted by atomic mass is 9.92. The van der Waals surface area contributed by atoms with Crippen molar-refractivity contribution in [2.24, 2.45) is 11.7 Å². The van der Waals surface area contributed by atoms with Crippen LogP contribution in [0.5, 0.6) is 0 Å². The molecule has 0 aliphatic rings. The highest BCUT2D eigenvalue weighted by Crippen LogP contribution is 2.36. The Hall–Kier alpha value is -3.58. The third-order valence-corrected chi connectivity index (χ3v) is 6.34. The SMILES string of the molecule is CCc1cc(C(=O)Nc2c(C)nc(CC(C)C)c(CN)c2-c2ccc(C)cc2)nc(C(=O)O)c1CC. The Labute approximate surface area is 213 Å². The number of carboxylic acid groups (broad SMARTS) is 1. The van der Waals surface area contributed by atoms with Crippen molar-refractivity contribution in [3.63, 3.8) is 0 Å². The third-order valence-electron chi connectivity index (χ3n) is 6.34. The predicted octanol–water partition coefficient (Wildman–Crippen LogP) is 5.49. The van der Waals surface area contributed by atoms with Crippen molar-refractivity contribution in [1.29, 1.82) is 0 Å². The van der Waals surface area contributed by atoms with Gasteiger partial charge in [0.1, 0.15) is 5.69 Å². The van der Waals surface area contributed by atoms with Crippen LogP contribution in [0.4, 0.5) is 5.69 Å². The van der Waals surface area contributed by atoms with Crippen LogP contribution in [0.2, 0.25) is 0 Å². The van der Waals surface area contributed by atoms with Gasteiger partial charge in [0.25, 0.3) is 5.91 Å². The Morgan fingerprint density at radius 3 is 2.22 bits per heavy atom. The van der Waals surface area contributed by atoms with Gasteiger partial charge in [-0.25, -0.2) is 9.78 Å². The minimum atomic E-state index is -1.14. The summed E-state index contributed by atoms with van der Waals surface area (Å²) in [6.07, 6.45) is 1.89. The predicted molar refractivity (Wildman–Crippen MR) is 143 cm³/mol. The maximum Gasteiger partial charge on any atom is 0.354 e. The van der Waals surface area contributed by atoms with Gasteiger partial charge < -0.3 is 16.2 Å². The summed E-state index contributed by atoms with van der Waals surface area (Å²) in [4.78, 5) is 34.4. The lowest BCUT2D eigenvalue weighted by molar-refractivity contribution is 0.0689. The summed E-state index contributed by atoms with van der Waals surface area (Å²) >= 11 is 0. The van der Waals surface area contributed by atoms with E-state index in [1.165, 1.54) is 0 Å². The summed E-state index contributed by atoms with van der Waals surface area (Å²) in [5, 5.41) is 12.7. The van der Waals surface area contributed by atoms with Gasteiger partial charge in [-0.2, -0.15) is 0 Å². The van der Waals surface area contributed by atoms with E-state index in [0.29, 0.717) is 35.7 Å². The number of nitrogens with zero attached hydrogens (tertiary/aromatic N) is 2. The first-order chi connectivity index (χ1) is 17.1. The van der Waals surface area contributed by atoms with Gasteiger partial charge in [0.05, 0.1) is 11.4 Å². The number of nitrogens with one attached hydrogen (secondary N) is 1. The number of hydrogen-bond acceptors (Lipinski definition) is 5. The molecule has 0 saturated heterocycles. The Balaban J connectivity index is 2.20. The Bertz CT molecular complexity index is 1280. The molecule has 0 bridgehead atoms. The second-order valence-corrected chi connectivity index (χ2v) is 9.50. The minimum Gasteiger partial charge on any atom is -0.477 e. The Kier molecular flexibility index (Phi) is 8.58. The summed E-state index contributed by atoms with van der Waals surface area (Å²) in [5.41, 5.74) is 13.6. The number of aromatic carboxylic acids is 1. The van der Waals surface area contributed by atoms with Crippen LogP contribution in [0.25, 0.3) is 11.1 Å². The van der Waals surface area contributed by atoms with Crippen LogP contribution in [0, 0.1) is 19.8 Å². The summed E-state index contributed by atoms with van der Waals surface area (Å²) < 4.78 is 0. The van der Waals surface area contributed by atoms with E-state index in [-0.39, 0.29) is 17.9 Å². The molecule has 1 aromatic carbocycles. The monoisotopic (exact) mass is 488 g/mol.